The third-order valence-electron chi connectivity index (χ3n) is 2.97. The smallest absolute Gasteiger partial charge is 0.354 e. The molecule has 104 valence electrons. The van der Waals surface area contributed by atoms with Gasteiger partial charge in [-0.25, -0.2) is 14.8 Å². The van der Waals surface area contributed by atoms with Crippen molar-refractivity contribution in [3.8, 4) is 11.3 Å². The van der Waals surface area contributed by atoms with Gasteiger partial charge in [0.25, 0.3) is 0 Å². The molecule has 20 heavy (non-hydrogen) atoms. The summed E-state index contributed by atoms with van der Waals surface area (Å²) in [4.78, 5) is 18.6. The van der Waals surface area contributed by atoms with Crippen LogP contribution in [0, 0.1) is 0 Å². The van der Waals surface area contributed by atoms with Crippen LogP contribution in [0.5, 0.6) is 0 Å². The first-order valence-electron chi connectivity index (χ1n) is 5.91. The van der Waals surface area contributed by atoms with Gasteiger partial charge in [-0.15, -0.1) is 0 Å². The normalized spacial score (nSPS) is 12.2. The zero-order valence-corrected chi connectivity index (χ0v) is 11.8. The molecule has 0 saturated carbocycles. The van der Waals surface area contributed by atoms with E-state index in [-0.39, 0.29) is 11.8 Å². The first-order valence-corrected chi connectivity index (χ1v) is 6.28. The highest BCUT2D eigenvalue weighted by molar-refractivity contribution is 6.31. The van der Waals surface area contributed by atoms with Crippen LogP contribution < -0.4 is 0 Å². The Kier molecular flexibility index (Phi) is 4.32. The van der Waals surface area contributed by atoms with Crippen LogP contribution >= 0.6 is 11.6 Å². The quantitative estimate of drug-likeness (QED) is 0.937. The first-order chi connectivity index (χ1) is 9.52. The van der Waals surface area contributed by atoms with E-state index in [0.717, 1.165) is 11.1 Å². The maximum absolute atomic E-state index is 10.9. The summed E-state index contributed by atoms with van der Waals surface area (Å²) in [7, 11) is 1.61. The van der Waals surface area contributed by atoms with Gasteiger partial charge in [-0.1, -0.05) is 23.7 Å². The van der Waals surface area contributed by atoms with E-state index >= 15 is 0 Å². The van der Waals surface area contributed by atoms with Gasteiger partial charge in [-0.05, 0) is 24.6 Å². The van der Waals surface area contributed by atoms with E-state index in [0.29, 0.717) is 10.7 Å². The minimum Gasteiger partial charge on any atom is -0.477 e. The summed E-state index contributed by atoms with van der Waals surface area (Å²) in [5.74, 6) is -1.09. The fourth-order valence-electron chi connectivity index (χ4n) is 1.78. The van der Waals surface area contributed by atoms with Gasteiger partial charge < -0.3 is 9.84 Å². The number of ether oxygens (including phenoxy) is 1. The van der Waals surface area contributed by atoms with Crippen LogP contribution in [-0.2, 0) is 4.74 Å². The van der Waals surface area contributed by atoms with E-state index < -0.39 is 5.97 Å². The summed E-state index contributed by atoms with van der Waals surface area (Å²) in [6, 6.07) is 6.81. The Balaban J connectivity index is 2.41. The van der Waals surface area contributed by atoms with Gasteiger partial charge in [0.1, 0.15) is 6.33 Å². The number of hydrogen-bond donors (Lipinski definition) is 1. The van der Waals surface area contributed by atoms with Gasteiger partial charge in [0.05, 0.1) is 11.8 Å². The van der Waals surface area contributed by atoms with Crippen LogP contribution in [0.1, 0.15) is 29.1 Å². The molecule has 0 aliphatic heterocycles. The van der Waals surface area contributed by atoms with Crippen molar-refractivity contribution in [2.75, 3.05) is 7.11 Å². The molecule has 2 rings (SSSR count). The van der Waals surface area contributed by atoms with E-state index in [1.54, 1.807) is 13.2 Å². The lowest BCUT2D eigenvalue weighted by Gasteiger charge is -2.12. The molecule has 1 heterocycles. The van der Waals surface area contributed by atoms with Gasteiger partial charge in [0.15, 0.2) is 5.69 Å². The molecule has 1 unspecified atom stereocenters. The van der Waals surface area contributed by atoms with Crippen molar-refractivity contribution in [1.29, 1.82) is 0 Å². The Hall–Kier alpha value is -1.98. The van der Waals surface area contributed by atoms with Crippen LogP contribution in [0.25, 0.3) is 11.3 Å². The lowest BCUT2D eigenvalue weighted by molar-refractivity contribution is 0.0690. The van der Waals surface area contributed by atoms with Crippen LogP contribution in [-0.4, -0.2) is 28.2 Å². The Bertz CT molecular complexity index is 646. The number of nitrogens with zero attached hydrogens (tertiary/aromatic N) is 2. The molecule has 0 radical (unpaired) electrons. The molecule has 0 fully saturated rings. The monoisotopic (exact) mass is 292 g/mol. The lowest BCUT2D eigenvalue weighted by Crippen LogP contribution is -2.01. The van der Waals surface area contributed by atoms with Gasteiger partial charge in [0, 0.05) is 17.7 Å². The molecule has 1 aromatic heterocycles. The number of rotatable bonds is 4. The fourth-order valence-corrected chi connectivity index (χ4v) is 2.11. The van der Waals surface area contributed by atoms with Crippen molar-refractivity contribution in [3.05, 3.63) is 46.9 Å². The molecule has 0 aliphatic rings. The average Bonchev–Trinajstić information content (AvgIpc) is 2.46. The van der Waals surface area contributed by atoms with Crippen molar-refractivity contribution >= 4 is 17.6 Å². The highest BCUT2D eigenvalue weighted by Gasteiger charge is 2.12. The second-order valence-corrected chi connectivity index (χ2v) is 4.62. The number of benzene rings is 1. The van der Waals surface area contributed by atoms with Crippen LogP contribution in [0.15, 0.2) is 30.6 Å². The Morgan fingerprint density at radius 2 is 2.10 bits per heavy atom. The largest absolute Gasteiger partial charge is 0.477 e. The van der Waals surface area contributed by atoms with Crippen molar-refractivity contribution in [3.63, 3.8) is 0 Å². The minimum absolute atomic E-state index is 0.0551. The molecule has 0 bridgehead atoms. The number of carbonyl (C=O) groups is 1. The number of aromatic nitrogens is 2. The second kappa shape index (κ2) is 5.98. The van der Waals surface area contributed by atoms with Crippen molar-refractivity contribution < 1.29 is 14.6 Å². The number of carboxylic acid groups (broad SMARTS) is 1. The summed E-state index contributed by atoms with van der Waals surface area (Å²) >= 11 is 6.22. The molecule has 0 aliphatic carbocycles. The molecule has 5 nitrogen and oxygen atoms in total. The van der Waals surface area contributed by atoms with Gasteiger partial charge in [-0.3, -0.25) is 0 Å². The van der Waals surface area contributed by atoms with Crippen molar-refractivity contribution in [2.45, 2.75) is 13.0 Å². The average molecular weight is 293 g/mol. The van der Waals surface area contributed by atoms with E-state index in [1.165, 1.54) is 12.4 Å². The molecule has 1 N–H and O–H groups in total. The zero-order chi connectivity index (χ0) is 14.7. The minimum atomic E-state index is -1.09. The molecule has 0 saturated heterocycles. The third-order valence-corrected chi connectivity index (χ3v) is 3.30. The van der Waals surface area contributed by atoms with Gasteiger partial charge >= 0.3 is 5.97 Å². The molecule has 2 aromatic rings. The standard InChI is InChI=1S/C14H13ClN2O3/c1-8(20-2)10-4-3-9(5-11(10)15)12-6-13(14(18)19)17-7-16-12/h3-8H,1-2H3,(H,18,19). The maximum atomic E-state index is 10.9. The van der Waals surface area contributed by atoms with Crippen LogP contribution in [0.3, 0.4) is 0 Å². The Morgan fingerprint density at radius 3 is 2.70 bits per heavy atom. The summed E-state index contributed by atoms with van der Waals surface area (Å²) in [5.41, 5.74) is 2.05. The highest BCUT2D eigenvalue weighted by atomic mass is 35.5. The van der Waals surface area contributed by atoms with Gasteiger partial charge in [-0.2, -0.15) is 0 Å². The molecule has 1 aromatic carbocycles. The molecular formula is C14H13ClN2O3. The molecule has 0 amide bonds. The first kappa shape index (κ1) is 14.4. The second-order valence-electron chi connectivity index (χ2n) is 4.21. The predicted molar refractivity (Wildman–Crippen MR) is 74.9 cm³/mol. The highest BCUT2D eigenvalue weighted by Crippen LogP contribution is 2.29. The molecule has 0 spiro atoms. The van der Waals surface area contributed by atoms with E-state index in [9.17, 15) is 4.79 Å². The Morgan fingerprint density at radius 1 is 1.35 bits per heavy atom. The van der Waals surface area contributed by atoms with Crippen LogP contribution in [0.4, 0.5) is 0 Å². The van der Waals surface area contributed by atoms with Gasteiger partial charge in [0.2, 0.25) is 0 Å². The van der Waals surface area contributed by atoms with Crippen molar-refractivity contribution in [2.24, 2.45) is 0 Å². The van der Waals surface area contributed by atoms with E-state index in [4.69, 9.17) is 21.4 Å². The SMILES string of the molecule is COC(C)c1ccc(-c2cc(C(=O)O)ncn2)cc1Cl. The summed E-state index contributed by atoms with van der Waals surface area (Å²) in [6.07, 6.45) is 1.11. The number of aromatic carboxylic acids is 1. The zero-order valence-electron chi connectivity index (χ0n) is 11.0. The summed E-state index contributed by atoms with van der Waals surface area (Å²) in [6.45, 7) is 1.90. The number of methoxy groups -OCH3 is 1. The predicted octanol–water partition coefficient (Wildman–Crippen LogP) is 3.20. The van der Waals surface area contributed by atoms with E-state index in [1.807, 2.05) is 19.1 Å². The topological polar surface area (TPSA) is 72.3 Å². The van der Waals surface area contributed by atoms with Crippen LogP contribution in [0.2, 0.25) is 5.02 Å². The molecule has 1 atom stereocenters. The third kappa shape index (κ3) is 2.95. The van der Waals surface area contributed by atoms with Crippen molar-refractivity contribution in [1.82, 2.24) is 9.97 Å². The number of halogens is 1. The summed E-state index contributed by atoms with van der Waals surface area (Å²) < 4.78 is 5.23. The molecule has 6 heteroatoms. The maximum Gasteiger partial charge on any atom is 0.354 e. The lowest BCUT2D eigenvalue weighted by atomic mass is 10.1. The fraction of sp³-hybridized carbons (Fsp3) is 0.214. The number of carboxylic acids is 1. The van der Waals surface area contributed by atoms with E-state index in [2.05, 4.69) is 9.97 Å². The number of hydrogen-bond acceptors (Lipinski definition) is 4. The summed E-state index contributed by atoms with van der Waals surface area (Å²) in [5, 5.41) is 9.48. The molecular weight excluding hydrogens is 280 g/mol. The Labute approximate surface area is 121 Å².